The fraction of sp³-hybridized carbons (Fsp3) is 0.500. The summed E-state index contributed by atoms with van der Waals surface area (Å²) in [6, 6.07) is 3.75. The van der Waals surface area contributed by atoms with Gasteiger partial charge in [-0.1, -0.05) is 0 Å². The number of rotatable bonds is 3. The van der Waals surface area contributed by atoms with E-state index in [1.54, 1.807) is 52.3 Å². The molecule has 2 aromatic rings. The van der Waals surface area contributed by atoms with E-state index < -0.39 is 29.2 Å². The molecule has 168 valence electrons. The number of aromatic nitrogens is 2. The zero-order valence-corrected chi connectivity index (χ0v) is 18.7. The average Bonchev–Trinajstić information content (AvgIpc) is 3.00. The third-order valence-corrected chi connectivity index (χ3v) is 5.18. The first-order valence-corrected chi connectivity index (χ1v) is 10.1. The molecular formula is C22H29FN4O4. The minimum atomic E-state index is -1.27. The molecule has 9 heteroatoms. The summed E-state index contributed by atoms with van der Waals surface area (Å²) in [7, 11) is 0. The zero-order valence-electron chi connectivity index (χ0n) is 18.7. The van der Waals surface area contributed by atoms with E-state index >= 15 is 0 Å². The summed E-state index contributed by atoms with van der Waals surface area (Å²) in [6.45, 7) is 10.3. The van der Waals surface area contributed by atoms with Crippen molar-refractivity contribution in [2.75, 3.05) is 6.54 Å². The van der Waals surface area contributed by atoms with Gasteiger partial charge in [-0.25, -0.2) is 9.18 Å². The zero-order chi connectivity index (χ0) is 23.3. The second-order valence-electron chi connectivity index (χ2n) is 9.47. The highest BCUT2D eigenvalue weighted by Crippen LogP contribution is 2.36. The highest BCUT2D eigenvalue weighted by atomic mass is 19.1. The molecule has 0 spiro atoms. The molecule has 2 amide bonds. The number of carbonyl (C=O) groups excluding carboxylic acids is 2. The van der Waals surface area contributed by atoms with E-state index in [-0.39, 0.29) is 30.2 Å². The lowest BCUT2D eigenvalue weighted by Crippen LogP contribution is -2.50. The molecule has 0 fully saturated rings. The topological polar surface area (TPSA) is 111 Å². The second kappa shape index (κ2) is 7.64. The van der Waals surface area contributed by atoms with Crippen LogP contribution in [0.4, 0.5) is 9.18 Å². The van der Waals surface area contributed by atoms with Gasteiger partial charge < -0.3 is 20.5 Å². The molecule has 0 radical (unpaired) electrons. The highest BCUT2D eigenvalue weighted by molar-refractivity contribution is 6.00. The molecule has 0 saturated heterocycles. The Hall–Kier alpha value is -2.94. The number of primary amides is 1. The van der Waals surface area contributed by atoms with Crippen molar-refractivity contribution in [1.29, 1.82) is 0 Å². The number of hydrogen-bond acceptors (Lipinski definition) is 5. The van der Waals surface area contributed by atoms with Crippen LogP contribution >= 0.6 is 0 Å². The normalized spacial score (nSPS) is 16.8. The summed E-state index contributed by atoms with van der Waals surface area (Å²) in [5.41, 5.74) is 5.46. The van der Waals surface area contributed by atoms with Crippen molar-refractivity contribution in [2.24, 2.45) is 5.73 Å². The number of halogens is 1. The Balaban J connectivity index is 2.17. The van der Waals surface area contributed by atoms with Crippen molar-refractivity contribution in [3.63, 3.8) is 0 Å². The summed E-state index contributed by atoms with van der Waals surface area (Å²) in [4.78, 5) is 26.6. The number of amides is 2. The Bertz CT molecular complexity index is 1030. The third kappa shape index (κ3) is 4.56. The number of ether oxygens (including phenoxy) is 1. The van der Waals surface area contributed by atoms with Gasteiger partial charge in [0.15, 0.2) is 0 Å². The van der Waals surface area contributed by atoms with Crippen molar-refractivity contribution in [3.8, 4) is 11.3 Å². The minimum absolute atomic E-state index is 0.0347. The molecule has 31 heavy (non-hydrogen) atoms. The quantitative estimate of drug-likeness (QED) is 0.774. The maximum absolute atomic E-state index is 13.8. The minimum Gasteiger partial charge on any atom is -0.444 e. The van der Waals surface area contributed by atoms with Crippen LogP contribution in [0.3, 0.4) is 0 Å². The Morgan fingerprint density at radius 3 is 2.42 bits per heavy atom. The van der Waals surface area contributed by atoms with Gasteiger partial charge in [-0.05, 0) is 65.3 Å². The first-order valence-electron chi connectivity index (χ1n) is 10.1. The average molecular weight is 432 g/mol. The molecule has 1 aromatic carbocycles. The molecule has 0 bridgehead atoms. The van der Waals surface area contributed by atoms with Crippen LogP contribution in [0.2, 0.25) is 0 Å². The van der Waals surface area contributed by atoms with Crippen LogP contribution in [-0.4, -0.2) is 49.5 Å². The molecule has 0 saturated carbocycles. The number of nitrogens with zero attached hydrogens (tertiary/aromatic N) is 3. The largest absolute Gasteiger partial charge is 0.444 e. The van der Waals surface area contributed by atoms with Crippen LogP contribution in [-0.2, 0) is 11.3 Å². The third-order valence-electron chi connectivity index (χ3n) is 5.18. The number of aliphatic hydroxyl groups is 1. The first-order chi connectivity index (χ1) is 14.2. The van der Waals surface area contributed by atoms with Gasteiger partial charge >= 0.3 is 6.09 Å². The summed E-state index contributed by atoms with van der Waals surface area (Å²) >= 11 is 0. The van der Waals surface area contributed by atoms with E-state index in [1.165, 1.54) is 17.0 Å². The molecule has 1 unspecified atom stereocenters. The number of benzene rings is 1. The summed E-state index contributed by atoms with van der Waals surface area (Å²) in [5.74, 6) is -1.10. The molecule has 1 atom stereocenters. The van der Waals surface area contributed by atoms with Crippen LogP contribution in [0, 0.1) is 12.7 Å². The highest BCUT2D eigenvalue weighted by Gasteiger charge is 2.41. The molecule has 0 aliphatic carbocycles. The van der Waals surface area contributed by atoms with Crippen molar-refractivity contribution in [3.05, 3.63) is 40.8 Å². The lowest BCUT2D eigenvalue weighted by atomic mass is 9.95. The van der Waals surface area contributed by atoms with Gasteiger partial charge in [-0.15, -0.1) is 0 Å². The number of aryl methyl sites for hydroxylation is 1. The maximum Gasteiger partial charge on any atom is 0.410 e. The Kier molecular flexibility index (Phi) is 5.60. The first kappa shape index (κ1) is 22.7. The van der Waals surface area contributed by atoms with Crippen LogP contribution in [0.5, 0.6) is 0 Å². The van der Waals surface area contributed by atoms with Gasteiger partial charge in [0.05, 0.1) is 29.4 Å². The van der Waals surface area contributed by atoms with Crippen molar-refractivity contribution in [2.45, 2.75) is 65.3 Å². The predicted octanol–water partition coefficient (Wildman–Crippen LogP) is 3.16. The summed E-state index contributed by atoms with van der Waals surface area (Å²) in [6.07, 6.45) is -0.566. The van der Waals surface area contributed by atoms with E-state index in [9.17, 15) is 19.1 Å². The number of fused-ring (bicyclic) bond motifs is 1. The van der Waals surface area contributed by atoms with E-state index in [0.29, 0.717) is 16.8 Å². The molecule has 3 rings (SSSR count). The summed E-state index contributed by atoms with van der Waals surface area (Å²) < 4.78 is 20.8. The molecule has 3 N–H and O–H groups in total. The molecule has 2 heterocycles. The van der Waals surface area contributed by atoms with Crippen LogP contribution in [0.1, 0.15) is 62.3 Å². The van der Waals surface area contributed by atoms with Gasteiger partial charge in [-0.3, -0.25) is 9.48 Å². The predicted molar refractivity (Wildman–Crippen MR) is 113 cm³/mol. The Morgan fingerprint density at radius 2 is 1.90 bits per heavy atom. The Morgan fingerprint density at radius 1 is 1.26 bits per heavy atom. The van der Waals surface area contributed by atoms with Crippen LogP contribution in [0.25, 0.3) is 11.3 Å². The van der Waals surface area contributed by atoms with Gasteiger partial charge in [0.25, 0.3) is 5.91 Å². The van der Waals surface area contributed by atoms with Gasteiger partial charge in [0, 0.05) is 12.1 Å². The SMILES string of the molecule is Cc1cc(-c2nn3c(c2C(N)=O)CN(C(=O)OC(C)(C)C)CC3C(C)(C)O)ccc1F. The monoisotopic (exact) mass is 432 g/mol. The van der Waals surface area contributed by atoms with Crippen LogP contribution in [0.15, 0.2) is 18.2 Å². The second-order valence-corrected chi connectivity index (χ2v) is 9.47. The number of nitrogens with two attached hydrogens (primary N) is 1. The molecule has 8 nitrogen and oxygen atoms in total. The van der Waals surface area contributed by atoms with Crippen molar-refractivity contribution >= 4 is 12.0 Å². The smallest absolute Gasteiger partial charge is 0.410 e. The van der Waals surface area contributed by atoms with E-state index in [2.05, 4.69) is 5.10 Å². The molecule has 1 aliphatic heterocycles. The number of hydrogen-bond donors (Lipinski definition) is 2. The Labute approximate surface area is 180 Å². The van der Waals surface area contributed by atoms with Crippen LogP contribution < -0.4 is 5.73 Å². The van der Waals surface area contributed by atoms with Gasteiger partial charge in [0.1, 0.15) is 17.1 Å². The van der Waals surface area contributed by atoms with Crippen molar-refractivity contribution in [1.82, 2.24) is 14.7 Å². The fourth-order valence-electron chi connectivity index (χ4n) is 3.65. The fourth-order valence-corrected chi connectivity index (χ4v) is 3.65. The van der Waals surface area contributed by atoms with E-state index in [4.69, 9.17) is 10.5 Å². The lowest BCUT2D eigenvalue weighted by Gasteiger charge is -2.39. The maximum atomic E-state index is 13.8. The lowest BCUT2D eigenvalue weighted by molar-refractivity contribution is -0.0241. The van der Waals surface area contributed by atoms with E-state index in [1.807, 2.05) is 0 Å². The van der Waals surface area contributed by atoms with Gasteiger partial charge in [-0.2, -0.15) is 5.10 Å². The summed E-state index contributed by atoms with van der Waals surface area (Å²) in [5, 5.41) is 15.4. The molecule has 1 aliphatic rings. The molecular weight excluding hydrogens is 403 g/mol. The standard InChI is InChI=1S/C22H29FN4O4/c1-12-9-13(7-8-14(12)23)18-17(19(24)28)15-10-26(20(29)31-21(2,3)4)11-16(22(5,6)30)27(15)25-18/h7-9,16,30H,10-11H2,1-6H3,(H2,24,28). The van der Waals surface area contributed by atoms with Gasteiger partial charge in [0.2, 0.25) is 0 Å². The molecule has 1 aromatic heterocycles. The number of carbonyl (C=O) groups is 2. The van der Waals surface area contributed by atoms with E-state index in [0.717, 1.165) is 0 Å². The van der Waals surface area contributed by atoms with Crippen molar-refractivity contribution < 1.29 is 23.8 Å².